The first-order chi connectivity index (χ1) is 13.6. The van der Waals surface area contributed by atoms with E-state index in [2.05, 4.69) is 5.27 Å². The zero-order valence-electron chi connectivity index (χ0n) is 15.1. The highest BCUT2D eigenvalue weighted by molar-refractivity contribution is 5.90. The van der Waals surface area contributed by atoms with Crippen LogP contribution in [0.2, 0.25) is 0 Å². The molecule has 28 heavy (non-hydrogen) atoms. The minimum Gasteiger partial charge on any atom is -0.332 e. The summed E-state index contributed by atoms with van der Waals surface area (Å²) in [6.45, 7) is 1.57. The monoisotopic (exact) mass is 379 g/mol. The lowest BCUT2D eigenvalue weighted by molar-refractivity contribution is -0.672. The second-order valence-corrected chi connectivity index (χ2v) is 7.41. The molecule has 2 atom stereocenters. The van der Waals surface area contributed by atoms with Gasteiger partial charge in [-0.25, -0.2) is 4.79 Å². The number of carbonyl (C=O) groups excluding carboxylic acids is 1. The van der Waals surface area contributed by atoms with E-state index in [4.69, 9.17) is 4.52 Å². The van der Waals surface area contributed by atoms with Crippen LogP contribution >= 0.6 is 0 Å². The summed E-state index contributed by atoms with van der Waals surface area (Å²) in [5, 5.41) is 2.52. The fraction of sp³-hybridized carbons (Fsp3) is 0.300. The van der Waals surface area contributed by atoms with Crippen molar-refractivity contribution >= 4 is 5.91 Å². The quantitative estimate of drug-likeness (QED) is 0.663. The number of fused-ring (bicyclic) bond motifs is 4. The summed E-state index contributed by atoms with van der Waals surface area (Å²) in [4.78, 5) is 39.4. The Morgan fingerprint density at radius 3 is 2.68 bits per heavy atom. The Morgan fingerprint density at radius 2 is 1.86 bits per heavy atom. The predicted molar refractivity (Wildman–Crippen MR) is 98.3 cm³/mol. The summed E-state index contributed by atoms with van der Waals surface area (Å²) >= 11 is 0. The van der Waals surface area contributed by atoms with Gasteiger partial charge in [0.15, 0.2) is 0 Å². The van der Waals surface area contributed by atoms with E-state index in [1.165, 1.54) is 4.68 Å². The Morgan fingerprint density at radius 1 is 1.04 bits per heavy atom. The molecule has 5 rings (SSSR count). The zero-order chi connectivity index (χ0) is 19.3. The van der Waals surface area contributed by atoms with Gasteiger partial charge in [0.25, 0.3) is 5.56 Å². The van der Waals surface area contributed by atoms with Crippen molar-refractivity contribution in [1.29, 1.82) is 0 Å². The molecule has 1 N–H and O–H groups in total. The number of benzene rings is 1. The van der Waals surface area contributed by atoms with Crippen LogP contribution in [-0.2, 0) is 6.54 Å². The van der Waals surface area contributed by atoms with Gasteiger partial charge in [0.1, 0.15) is 0 Å². The number of aromatic amines is 1. The highest BCUT2D eigenvalue weighted by atomic mass is 16.5. The number of likely N-dealkylation sites (tertiary alicyclic amines) is 1. The molecule has 2 aromatic heterocycles. The first kappa shape index (κ1) is 16.7. The topological polar surface area (TPSA) is 92.2 Å². The van der Waals surface area contributed by atoms with Crippen LogP contribution in [0.5, 0.6) is 0 Å². The molecule has 1 aromatic carbocycles. The number of nitrogens with one attached hydrogen (secondary N) is 1. The van der Waals surface area contributed by atoms with Crippen molar-refractivity contribution in [2.24, 2.45) is 5.92 Å². The van der Waals surface area contributed by atoms with Crippen molar-refractivity contribution in [3.63, 3.8) is 0 Å². The van der Waals surface area contributed by atoms with Gasteiger partial charge in [-0.1, -0.05) is 24.3 Å². The van der Waals surface area contributed by atoms with Crippen molar-refractivity contribution in [1.82, 2.24) is 14.7 Å². The summed E-state index contributed by atoms with van der Waals surface area (Å²) in [5.74, 6) is -0.0896. The Balaban J connectivity index is 1.50. The van der Waals surface area contributed by atoms with Crippen LogP contribution in [0.1, 0.15) is 28.5 Å². The Bertz CT molecular complexity index is 1160. The number of H-pyrrole nitrogens is 1. The highest BCUT2D eigenvalue weighted by Crippen LogP contribution is 2.35. The number of rotatable bonds is 2. The molecule has 2 aliphatic rings. The van der Waals surface area contributed by atoms with E-state index < -0.39 is 5.63 Å². The predicted octanol–water partition coefficient (Wildman–Crippen LogP) is 0.666. The van der Waals surface area contributed by atoms with Gasteiger partial charge < -0.3 is 9.47 Å². The number of amides is 1. The Kier molecular flexibility index (Phi) is 3.78. The number of nitrogens with zero attached hydrogens (tertiary/aromatic N) is 3. The molecule has 2 bridgehead atoms. The number of para-hydroxylation sites is 1. The van der Waals surface area contributed by atoms with Crippen molar-refractivity contribution < 1.29 is 14.0 Å². The molecule has 0 aliphatic carbocycles. The molecule has 8 nitrogen and oxygen atoms in total. The standard InChI is InChI=1S/C20H18N4O4/c25-17-8-4-7-16-14-9-13(11-23(16)17)10-22(12-14)19(26)18-20(27)28-21-24(18)15-5-2-1-3-6-15/h1-8,13-14H,9-12H2/p+1. The summed E-state index contributed by atoms with van der Waals surface area (Å²) in [5.41, 5.74) is 0.863. The highest BCUT2D eigenvalue weighted by Gasteiger charge is 2.41. The van der Waals surface area contributed by atoms with Gasteiger partial charge in [0, 0.05) is 49.4 Å². The largest absolute Gasteiger partial charge is 0.441 e. The third-order valence-electron chi connectivity index (χ3n) is 5.63. The van der Waals surface area contributed by atoms with Gasteiger partial charge in [-0.05, 0) is 28.4 Å². The lowest BCUT2D eigenvalue weighted by atomic mass is 9.83. The third-order valence-corrected chi connectivity index (χ3v) is 5.63. The molecule has 3 aromatic rings. The Hall–Kier alpha value is -3.42. The van der Waals surface area contributed by atoms with Gasteiger partial charge in [0.2, 0.25) is 5.69 Å². The van der Waals surface area contributed by atoms with Gasteiger partial charge in [-0.2, -0.15) is 0 Å². The van der Waals surface area contributed by atoms with Crippen LogP contribution in [0.3, 0.4) is 0 Å². The molecule has 0 spiro atoms. The van der Waals surface area contributed by atoms with E-state index in [0.717, 1.165) is 12.1 Å². The normalized spacial score (nSPS) is 20.6. The molecular weight excluding hydrogens is 360 g/mol. The van der Waals surface area contributed by atoms with Crippen molar-refractivity contribution in [2.45, 2.75) is 18.9 Å². The summed E-state index contributed by atoms with van der Waals surface area (Å²) < 4.78 is 8.11. The molecule has 142 valence electrons. The minimum atomic E-state index is -0.693. The number of hydrogen-bond donors (Lipinski definition) is 1. The van der Waals surface area contributed by atoms with Gasteiger partial charge in [0.05, 0.1) is 0 Å². The molecule has 1 saturated heterocycles. The maximum Gasteiger partial charge on any atom is 0.441 e. The first-order valence-electron chi connectivity index (χ1n) is 9.30. The zero-order valence-corrected chi connectivity index (χ0v) is 15.1. The smallest absolute Gasteiger partial charge is 0.332 e. The second-order valence-electron chi connectivity index (χ2n) is 7.41. The molecule has 8 heteroatoms. The van der Waals surface area contributed by atoms with Crippen LogP contribution in [0.15, 0.2) is 62.6 Å². The molecule has 1 fully saturated rings. The van der Waals surface area contributed by atoms with Crippen LogP contribution < -0.4 is 15.9 Å². The third kappa shape index (κ3) is 2.60. The van der Waals surface area contributed by atoms with E-state index in [0.29, 0.717) is 25.3 Å². The van der Waals surface area contributed by atoms with Crippen LogP contribution in [0.25, 0.3) is 5.69 Å². The maximum absolute atomic E-state index is 13.2. The van der Waals surface area contributed by atoms with Gasteiger partial charge in [-0.3, -0.25) is 14.1 Å². The number of carbonyl (C=O) groups is 1. The van der Waals surface area contributed by atoms with E-state index in [1.807, 2.05) is 28.8 Å². The number of hydrogen-bond acceptors (Lipinski definition) is 4. The van der Waals surface area contributed by atoms with E-state index in [9.17, 15) is 14.4 Å². The van der Waals surface area contributed by atoms with Crippen molar-refractivity contribution in [2.75, 3.05) is 13.1 Å². The van der Waals surface area contributed by atoms with E-state index in [-0.39, 0.29) is 29.0 Å². The SMILES string of the molecule is O=C(c1c(=O)o[nH][n+]1-c1ccccc1)N1CC2CC(C1)c1cccc(=O)n1C2. The molecule has 2 unspecified atom stereocenters. The van der Waals surface area contributed by atoms with E-state index >= 15 is 0 Å². The van der Waals surface area contributed by atoms with Crippen LogP contribution in [0, 0.1) is 5.92 Å². The molecule has 0 radical (unpaired) electrons. The number of piperidine rings is 1. The fourth-order valence-electron chi connectivity index (χ4n) is 4.43. The first-order valence-corrected chi connectivity index (χ1v) is 9.30. The lowest BCUT2D eigenvalue weighted by Gasteiger charge is -2.42. The van der Waals surface area contributed by atoms with Gasteiger partial charge >= 0.3 is 17.2 Å². The van der Waals surface area contributed by atoms with E-state index in [1.54, 1.807) is 29.2 Å². The fourth-order valence-corrected chi connectivity index (χ4v) is 4.43. The molecule has 1 amide bonds. The summed E-state index contributed by atoms with van der Waals surface area (Å²) in [7, 11) is 0. The van der Waals surface area contributed by atoms with Gasteiger partial charge in [-0.15, -0.1) is 0 Å². The summed E-state index contributed by atoms with van der Waals surface area (Å²) in [6, 6.07) is 14.4. The average molecular weight is 379 g/mol. The maximum atomic E-state index is 13.2. The second kappa shape index (κ2) is 6.33. The van der Waals surface area contributed by atoms with Crippen LogP contribution in [-0.4, -0.2) is 33.7 Å². The lowest BCUT2D eigenvalue weighted by Crippen LogP contribution is -2.52. The number of aromatic nitrogens is 3. The van der Waals surface area contributed by atoms with Crippen molar-refractivity contribution in [3.05, 3.63) is 80.7 Å². The van der Waals surface area contributed by atoms with Crippen LogP contribution in [0.4, 0.5) is 0 Å². The average Bonchev–Trinajstić information content (AvgIpc) is 3.10. The molecule has 2 aliphatic heterocycles. The summed E-state index contributed by atoms with van der Waals surface area (Å²) in [6.07, 6.45) is 0.938. The number of pyridine rings is 1. The molecule has 0 saturated carbocycles. The molecule has 4 heterocycles. The molecular formula is C20H19N4O4+. The minimum absolute atomic E-state index is 0.000162. The van der Waals surface area contributed by atoms with Crippen molar-refractivity contribution in [3.8, 4) is 5.69 Å². The Labute approximate surface area is 159 Å².